The minimum absolute atomic E-state index is 0.0112. The van der Waals surface area contributed by atoms with E-state index in [4.69, 9.17) is 21.4 Å². The molecule has 2 saturated heterocycles. The molecule has 250 valence electrons. The smallest absolute Gasteiger partial charge is 0.423 e. The van der Waals surface area contributed by atoms with Gasteiger partial charge in [0.2, 0.25) is 23.6 Å². The number of nitrogens with zero attached hydrogens (tertiary/aromatic N) is 4. The molecule has 2 aliphatic heterocycles. The SMILES string of the molecule is COC(=O)N1C(=O)[C@H]2[C@H](CC=C3[C@H]2C[C@H]2C(=O)N(c4cc(-c5sc6ccc(Cl)cc6c5C)nn4C)C(=O)[C@@]2(C)[C@H]3c2cccc(O)c2)C1=O. The third kappa shape index (κ3) is 4.26. The zero-order chi connectivity index (χ0) is 34.7. The van der Waals surface area contributed by atoms with Gasteiger partial charge in [-0.1, -0.05) is 35.4 Å². The van der Waals surface area contributed by atoms with E-state index in [0.717, 1.165) is 33.2 Å². The van der Waals surface area contributed by atoms with Crippen molar-refractivity contribution in [2.45, 2.75) is 32.6 Å². The molecule has 13 heteroatoms. The minimum Gasteiger partial charge on any atom is -0.508 e. The van der Waals surface area contributed by atoms with Crippen LogP contribution in [0.5, 0.6) is 5.75 Å². The lowest BCUT2D eigenvalue weighted by Gasteiger charge is -2.49. The van der Waals surface area contributed by atoms with Gasteiger partial charge in [0.05, 0.1) is 35.2 Å². The molecule has 1 N–H and O–H groups in total. The van der Waals surface area contributed by atoms with Crippen molar-refractivity contribution in [2.24, 2.45) is 36.1 Å². The van der Waals surface area contributed by atoms with Gasteiger partial charge in [-0.2, -0.15) is 10.00 Å². The van der Waals surface area contributed by atoms with Gasteiger partial charge in [-0.3, -0.25) is 23.9 Å². The van der Waals surface area contributed by atoms with Crippen molar-refractivity contribution in [3.05, 3.63) is 76.3 Å². The van der Waals surface area contributed by atoms with Gasteiger partial charge in [-0.05, 0) is 79.5 Å². The molecule has 4 aromatic rings. The fourth-order valence-corrected chi connectivity index (χ4v) is 10.1. The van der Waals surface area contributed by atoms with E-state index >= 15 is 0 Å². The number of phenols is 1. The number of fused-ring (bicyclic) bond motifs is 5. The highest BCUT2D eigenvalue weighted by Gasteiger charge is 2.68. The Labute approximate surface area is 289 Å². The molecule has 2 aromatic heterocycles. The molecule has 8 rings (SSSR count). The molecule has 0 spiro atoms. The summed E-state index contributed by atoms with van der Waals surface area (Å²) >= 11 is 7.82. The van der Waals surface area contributed by atoms with Crippen molar-refractivity contribution >= 4 is 68.6 Å². The summed E-state index contributed by atoms with van der Waals surface area (Å²) in [6, 6.07) is 14.0. The van der Waals surface area contributed by atoms with Crippen molar-refractivity contribution in [3.63, 3.8) is 0 Å². The number of likely N-dealkylation sites (tertiary alicyclic amines) is 1. The minimum atomic E-state index is -1.30. The maximum Gasteiger partial charge on any atom is 0.423 e. The fraction of sp³-hybridized carbons (Fsp3) is 0.333. The average molecular weight is 699 g/mol. The van der Waals surface area contributed by atoms with E-state index in [9.17, 15) is 29.1 Å². The first kappa shape index (κ1) is 31.5. The van der Waals surface area contributed by atoms with E-state index in [-0.39, 0.29) is 18.6 Å². The van der Waals surface area contributed by atoms with Gasteiger partial charge < -0.3 is 9.84 Å². The van der Waals surface area contributed by atoms with Crippen LogP contribution >= 0.6 is 22.9 Å². The third-order valence-corrected chi connectivity index (χ3v) is 12.6. The maximum atomic E-state index is 14.9. The molecule has 11 nitrogen and oxygen atoms in total. The second-order valence-corrected chi connectivity index (χ2v) is 14.9. The number of aromatic hydroxyl groups is 1. The van der Waals surface area contributed by atoms with Crippen molar-refractivity contribution < 1.29 is 33.8 Å². The highest BCUT2D eigenvalue weighted by atomic mass is 35.5. The standard InChI is InChI=1S/C36H31ClN4O7S/c1-16-22-13-18(37)8-11-26(22)49-30(16)25-15-27(39(3)38-25)40-32(44)24-14-23-20(9-10-21-28(23)33(45)41(31(21)43)35(47)48-4)29(36(24,2)34(40)46)17-6-5-7-19(42)12-17/h5-9,11-13,15,21,23-24,28-29,42H,10,14H2,1-4H3/t21-,23+,24-,28-,29-,36+/m0/s1. The predicted octanol–water partition coefficient (Wildman–Crippen LogP) is 5.97. The number of benzene rings is 2. The van der Waals surface area contributed by atoms with Crippen molar-refractivity contribution in [3.8, 4) is 16.3 Å². The van der Waals surface area contributed by atoms with E-state index < -0.39 is 64.7 Å². The predicted molar refractivity (Wildman–Crippen MR) is 181 cm³/mol. The largest absolute Gasteiger partial charge is 0.508 e. The number of allylic oxidation sites excluding steroid dienone is 2. The first-order chi connectivity index (χ1) is 23.4. The Kier molecular flexibility index (Phi) is 6.96. The van der Waals surface area contributed by atoms with Crippen LogP contribution in [0.25, 0.3) is 20.7 Å². The number of rotatable bonds is 3. The average Bonchev–Trinajstić information content (AvgIpc) is 3.74. The van der Waals surface area contributed by atoms with Crippen LogP contribution in [-0.2, 0) is 31.0 Å². The van der Waals surface area contributed by atoms with Crippen molar-refractivity contribution in [2.75, 3.05) is 12.0 Å². The number of aromatic nitrogens is 2. The van der Waals surface area contributed by atoms with E-state index in [1.54, 1.807) is 49.6 Å². The third-order valence-electron chi connectivity index (χ3n) is 11.1. The first-order valence-corrected chi connectivity index (χ1v) is 17.1. The number of amides is 5. The molecular weight excluding hydrogens is 668 g/mol. The molecule has 5 amide bonds. The molecule has 4 heterocycles. The Morgan fingerprint density at radius 1 is 1.06 bits per heavy atom. The summed E-state index contributed by atoms with van der Waals surface area (Å²) in [4.78, 5) is 71.7. The number of imide groups is 4. The Balaban J connectivity index is 1.24. The molecule has 0 bridgehead atoms. The molecule has 2 aromatic carbocycles. The molecule has 6 atom stereocenters. The van der Waals surface area contributed by atoms with Crippen LogP contribution in [0.15, 0.2) is 60.2 Å². The number of halogens is 1. The molecule has 2 aliphatic carbocycles. The number of methoxy groups -OCH3 is 1. The zero-order valence-corrected chi connectivity index (χ0v) is 28.5. The van der Waals surface area contributed by atoms with E-state index in [0.29, 0.717) is 27.0 Å². The lowest BCUT2D eigenvalue weighted by Crippen LogP contribution is -2.49. The van der Waals surface area contributed by atoms with Gasteiger partial charge in [0.15, 0.2) is 0 Å². The number of hydrogen-bond acceptors (Lipinski definition) is 9. The number of phenolic OH excluding ortho intramolecular Hbond substituents is 1. The summed E-state index contributed by atoms with van der Waals surface area (Å²) in [5.41, 5.74) is 1.64. The summed E-state index contributed by atoms with van der Waals surface area (Å²) in [6.45, 7) is 3.76. The normalized spacial score (nSPS) is 27.8. The van der Waals surface area contributed by atoms with Crippen LogP contribution in [0.3, 0.4) is 0 Å². The second-order valence-electron chi connectivity index (χ2n) is 13.4. The summed E-state index contributed by atoms with van der Waals surface area (Å²) < 4.78 is 7.32. The molecule has 49 heavy (non-hydrogen) atoms. The topological polar surface area (TPSA) is 139 Å². The zero-order valence-electron chi connectivity index (χ0n) is 27.0. The van der Waals surface area contributed by atoms with Gasteiger partial charge >= 0.3 is 6.09 Å². The summed E-state index contributed by atoms with van der Waals surface area (Å²) in [5, 5.41) is 16.9. The Hall–Kier alpha value is -4.81. The van der Waals surface area contributed by atoms with Gasteiger partial charge in [-0.15, -0.1) is 11.3 Å². The van der Waals surface area contributed by atoms with Crippen LogP contribution in [0.4, 0.5) is 10.6 Å². The number of aryl methyl sites for hydroxylation is 2. The molecule has 0 radical (unpaired) electrons. The van der Waals surface area contributed by atoms with Gasteiger partial charge in [0.1, 0.15) is 17.3 Å². The lowest BCUT2D eigenvalue weighted by molar-refractivity contribution is -0.138. The molecule has 1 saturated carbocycles. The highest BCUT2D eigenvalue weighted by Crippen LogP contribution is 2.63. The van der Waals surface area contributed by atoms with Gasteiger partial charge in [0, 0.05) is 28.8 Å². The number of thiophene rings is 1. The second kappa shape index (κ2) is 10.8. The van der Waals surface area contributed by atoms with Crippen molar-refractivity contribution in [1.82, 2.24) is 14.7 Å². The van der Waals surface area contributed by atoms with Crippen LogP contribution < -0.4 is 4.90 Å². The van der Waals surface area contributed by atoms with Gasteiger partial charge in [-0.25, -0.2) is 9.69 Å². The first-order valence-electron chi connectivity index (χ1n) is 15.9. The summed E-state index contributed by atoms with van der Waals surface area (Å²) in [6.07, 6.45) is 1.14. The van der Waals surface area contributed by atoms with E-state index in [1.807, 2.05) is 31.2 Å². The van der Waals surface area contributed by atoms with Gasteiger partial charge in [0.25, 0.3) is 0 Å². The number of carbonyl (C=O) groups excluding carboxylic acids is 5. The van der Waals surface area contributed by atoms with Crippen molar-refractivity contribution in [1.29, 1.82) is 0 Å². The molecular formula is C36H31ClN4O7S. The number of hydrogen-bond donors (Lipinski definition) is 1. The number of carbonyl (C=O) groups is 5. The molecule has 4 aliphatic rings. The van der Waals surface area contributed by atoms with E-state index in [2.05, 4.69) is 0 Å². The van der Waals surface area contributed by atoms with Crippen LogP contribution in [0.1, 0.15) is 36.8 Å². The number of anilines is 1. The quantitative estimate of drug-likeness (QED) is 0.204. The monoisotopic (exact) mass is 698 g/mol. The fourth-order valence-electron chi connectivity index (χ4n) is 8.80. The summed E-state index contributed by atoms with van der Waals surface area (Å²) in [5.74, 6) is -5.74. The maximum absolute atomic E-state index is 14.9. The Morgan fingerprint density at radius 2 is 1.84 bits per heavy atom. The molecule has 0 unspecified atom stereocenters. The van der Waals surface area contributed by atoms with Crippen LogP contribution in [-0.4, -0.2) is 56.6 Å². The van der Waals surface area contributed by atoms with Crippen LogP contribution in [0.2, 0.25) is 5.02 Å². The van der Waals surface area contributed by atoms with Crippen LogP contribution in [0, 0.1) is 36.0 Å². The highest BCUT2D eigenvalue weighted by molar-refractivity contribution is 7.22. The summed E-state index contributed by atoms with van der Waals surface area (Å²) in [7, 11) is 2.80. The Morgan fingerprint density at radius 3 is 2.57 bits per heavy atom. The molecule has 3 fully saturated rings. The number of ether oxygens (including phenoxy) is 1. The Bertz CT molecular complexity index is 2210. The van der Waals surface area contributed by atoms with E-state index in [1.165, 1.54) is 15.6 Å². The lowest BCUT2D eigenvalue weighted by atomic mass is 9.51.